The van der Waals surface area contributed by atoms with Gasteiger partial charge in [-0.3, -0.25) is 9.59 Å². The van der Waals surface area contributed by atoms with Crippen LogP contribution in [0.5, 0.6) is 0 Å². The van der Waals surface area contributed by atoms with E-state index in [1.54, 1.807) is 23.2 Å². The highest BCUT2D eigenvalue weighted by Crippen LogP contribution is 2.15. The molecule has 1 aromatic rings. The summed E-state index contributed by atoms with van der Waals surface area (Å²) in [5, 5.41) is 0. The van der Waals surface area contributed by atoms with Crippen LogP contribution in [0.25, 0.3) is 0 Å². The van der Waals surface area contributed by atoms with Crippen LogP contribution in [-0.4, -0.2) is 30.3 Å². The number of aldehydes is 1. The number of aromatic nitrogens is 1. The lowest BCUT2D eigenvalue weighted by molar-refractivity contribution is -0.116. The van der Waals surface area contributed by atoms with Crippen molar-refractivity contribution in [2.45, 2.75) is 19.8 Å². The van der Waals surface area contributed by atoms with Crippen molar-refractivity contribution in [2.24, 2.45) is 5.73 Å². The molecule has 0 unspecified atom stereocenters. The smallest absolute Gasteiger partial charge is 0.236 e. The molecule has 1 aromatic heterocycles. The largest absolute Gasteiger partial charge is 0.368 e. The Balaban J connectivity index is 2.93. The maximum Gasteiger partial charge on any atom is 0.236 e. The van der Waals surface area contributed by atoms with E-state index in [1.165, 1.54) is 0 Å². The van der Waals surface area contributed by atoms with Crippen LogP contribution in [0.2, 0.25) is 0 Å². The summed E-state index contributed by atoms with van der Waals surface area (Å²) in [6, 6.07) is 3.37. The second-order valence-corrected chi connectivity index (χ2v) is 3.78. The number of nitrogens with zero attached hydrogens (tertiary/aromatic N) is 2. The quantitative estimate of drug-likeness (QED) is 0.715. The first kappa shape index (κ1) is 13.2. The highest BCUT2D eigenvalue weighted by molar-refractivity contribution is 5.85. The fourth-order valence-electron chi connectivity index (χ4n) is 1.56. The Labute approximate surface area is 101 Å². The molecule has 0 aromatic carbocycles. The first-order chi connectivity index (χ1) is 8.19. The van der Waals surface area contributed by atoms with E-state index in [-0.39, 0.29) is 6.54 Å². The molecule has 0 bridgehead atoms. The molecule has 0 aliphatic heterocycles. The minimum atomic E-state index is -0.427. The van der Waals surface area contributed by atoms with Gasteiger partial charge in [-0.2, -0.15) is 0 Å². The number of hydrogen-bond donors (Lipinski definition) is 1. The first-order valence-electron chi connectivity index (χ1n) is 5.62. The first-order valence-corrected chi connectivity index (χ1v) is 5.62. The van der Waals surface area contributed by atoms with Gasteiger partial charge in [-0.05, 0) is 18.6 Å². The van der Waals surface area contributed by atoms with E-state index in [2.05, 4.69) is 11.9 Å². The van der Waals surface area contributed by atoms with Gasteiger partial charge in [0.25, 0.3) is 0 Å². The highest BCUT2D eigenvalue weighted by Gasteiger charge is 2.13. The maximum atomic E-state index is 11.0. The molecule has 0 fully saturated rings. The van der Waals surface area contributed by atoms with Crippen molar-refractivity contribution in [2.75, 3.05) is 18.0 Å². The normalized spacial score (nSPS) is 9.94. The number of unbranched alkanes of at least 4 members (excludes halogenated alkanes) is 1. The van der Waals surface area contributed by atoms with Crippen LogP contribution < -0.4 is 10.6 Å². The molecule has 0 radical (unpaired) electrons. The number of hydrogen-bond acceptors (Lipinski definition) is 4. The van der Waals surface area contributed by atoms with Gasteiger partial charge in [0.15, 0.2) is 6.29 Å². The van der Waals surface area contributed by atoms with E-state index in [9.17, 15) is 9.59 Å². The van der Waals surface area contributed by atoms with Crippen LogP contribution in [0.15, 0.2) is 18.3 Å². The van der Waals surface area contributed by atoms with E-state index in [4.69, 9.17) is 5.73 Å². The van der Waals surface area contributed by atoms with Gasteiger partial charge in [-0.15, -0.1) is 0 Å². The third kappa shape index (κ3) is 3.86. The van der Waals surface area contributed by atoms with Crippen LogP contribution in [0.3, 0.4) is 0 Å². The predicted molar refractivity (Wildman–Crippen MR) is 65.9 cm³/mol. The summed E-state index contributed by atoms with van der Waals surface area (Å²) < 4.78 is 0. The lowest BCUT2D eigenvalue weighted by atomic mass is 10.2. The number of carbonyl (C=O) groups excluding carboxylic acids is 2. The minimum absolute atomic E-state index is 0.0812. The topological polar surface area (TPSA) is 76.3 Å². The maximum absolute atomic E-state index is 11.0. The van der Waals surface area contributed by atoms with E-state index in [0.717, 1.165) is 19.1 Å². The Kier molecular flexibility index (Phi) is 5.13. The molecule has 0 saturated carbocycles. The van der Waals surface area contributed by atoms with Gasteiger partial charge >= 0.3 is 0 Å². The molecule has 5 nitrogen and oxygen atoms in total. The molecular formula is C12H17N3O2. The summed E-state index contributed by atoms with van der Waals surface area (Å²) in [5.74, 6) is 0.0957. The number of primary amides is 1. The van der Waals surface area contributed by atoms with Crippen molar-refractivity contribution >= 4 is 18.0 Å². The molecule has 92 valence electrons. The third-order valence-electron chi connectivity index (χ3n) is 2.37. The average Bonchev–Trinajstić information content (AvgIpc) is 2.34. The summed E-state index contributed by atoms with van der Waals surface area (Å²) in [5.41, 5.74) is 5.67. The summed E-state index contributed by atoms with van der Waals surface area (Å²) in [6.07, 6.45) is 4.26. The SMILES string of the molecule is CCCCN(CC(N)=O)c1ncccc1C=O. The van der Waals surface area contributed by atoms with Gasteiger partial charge in [0.05, 0.1) is 12.1 Å². The lowest BCUT2D eigenvalue weighted by Crippen LogP contribution is -2.35. The zero-order valence-electron chi connectivity index (χ0n) is 9.93. The van der Waals surface area contributed by atoms with Crippen molar-refractivity contribution in [3.05, 3.63) is 23.9 Å². The van der Waals surface area contributed by atoms with Crippen molar-refractivity contribution < 1.29 is 9.59 Å². The summed E-state index contributed by atoms with van der Waals surface area (Å²) in [7, 11) is 0. The number of anilines is 1. The summed E-state index contributed by atoms with van der Waals surface area (Å²) in [4.78, 5) is 27.8. The van der Waals surface area contributed by atoms with Crippen LogP contribution in [0, 0.1) is 0 Å². The number of carbonyl (C=O) groups is 2. The molecule has 0 aliphatic rings. The molecular weight excluding hydrogens is 218 g/mol. The van der Waals surface area contributed by atoms with E-state index in [0.29, 0.717) is 17.9 Å². The highest BCUT2D eigenvalue weighted by atomic mass is 16.1. The molecule has 17 heavy (non-hydrogen) atoms. The zero-order valence-corrected chi connectivity index (χ0v) is 9.93. The van der Waals surface area contributed by atoms with Crippen molar-refractivity contribution in [3.8, 4) is 0 Å². The fraction of sp³-hybridized carbons (Fsp3) is 0.417. The Morgan fingerprint density at radius 2 is 2.35 bits per heavy atom. The molecule has 0 spiro atoms. The number of pyridine rings is 1. The second kappa shape index (κ2) is 6.62. The van der Waals surface area contributed by atoms with Crippen molar-refractivity contribution in [1.82, 2.24) is 4.98 Å². The molecule has 0 atom stereocenters. The van der Waals surface area contributed by atoms with Crippen LogP contribution in [0.1, 0.15) is 30.1 Å². The number of amides is 1. The molecule has 0 saturated heterocycles. The van der Waals surface area contributed by atoms with Crippen LogP contribution >= 0.6 is 0 Å². The van der Waals surface area contributed by atoms with E-state index >= 15 is 0 Å². The molecule has 1 rings (SSSR count). The van der Waals surface area contributed by atoms with Gasteiger partial charge in [-0.1, -0.05) is 13.3 Å². The Morgan fingerprint density at radius 1 is 1.59 bits per heavy atom. The summed E-state index contributed by atoms with van der Waals surface area (Å²) >= 11 is 0. The van der Waals surface area contributed by atoms with E-state index in [1.807, 2.05) is 0 Å². The molecule has 2 N–H and O–H groups in total. The number of rotatable bonds is 7. The average molecular weight is 235 g/mol. The van der Waals surface area contributed by atoms with Gasteiger partial charge in [0.2, 0.25) is 5.91 Å². The summed E-state index contributed by atoms with van der Waals surface area (Å²) in [6.45, 7) is 2.80. The third-order valence-corrected chi connectivity index (χ3v) is 2.37. The Hall–Kier alpha value is -1.91. The van der Waals surface area contributed by atoms with Crippen LogP contribution in [-0.2, 0) is 4.79 Å². The fourth-order valence-corrected chi connectivity index (χ4v) is 1.56. The van der Waals surface area contributed by atoms with Gasteiger partial charge in [-0.25, -0.2) is 4.98 Å². The molecule has 0 aliphatic carbocycles. The zero-order chi connectivity index (χ0) is 12.7. The molecule has 1 amide bonds. The predicted octanol–water partition coefficient (Wildman–Crippen LogP) is 0.986. The standard InChI is InChI=1S/C12H17N3O2/c1-2-3-7-15(8-11(13)17)12-10(9-16)5-4-6-14-12/h4-6,9H,2-3,7-8H2,1H3,(H2,13,17). The van der Waals surface area contributed by atoms with Gasteiger partial charge in [0, 0.05) is 12.7 Å². The van der Waals surface area contributed by atoms with Crippen molar-refractivity contribution in [1.29, 1.82) is 0 Å². The monoisotopic (exact) mass is 235 g/mol. The van der Waals surface area contributed by atoms with E-state index < -0.39 is 5.91 Å². The van der Waals surface area contributed by atoms with Crippen molar-refractivity contribution in [3.63, 3.8) is 0 Å². The van der Waals surface area contributed by atoms with Gasteiger partial charge < -0.3 is 10.6 Å². The second-order valence-electron chi connectivity index (χ2n) is 3.78. The molecule has 5 heteroatoms. The minimum Gasteiger partial charge on any atom is -0.368 e. The lowest BCUT2D eigenvalue weighted by Gasteiger charge is -2.22. The Morgan fingerprint density at radius 3 is 2.94 bits per heavy atom. The van der Waals surface area contributed by atoms with Gasteiger partial charge in [0.1, 0.15) is 5.82 Å². The van der Waals surface area contributed by atoms with Crippen LogP contribution in [0.4, 0.5) is 5.82 Å². The number of nitrogens with two attached hydrogens (primary N) is 1. The Bertz CT molecular complexity index is 393. The molecule has 1 heterocycles.